The molecule has 12 heavy (non-hydrogen) atoms. The number of nitrogens with zero attached hydrogens (tertiary/aromatic N) is 1. The van der Waals surface area contributed by atoms with Gasteiger partial charge in [-0.2, -0.15) is 4.73 Å². The van der Waals surface area contributed by atoms with E-state index in [1.54, 1.807) is 12.1 Å². The highest BCUT2D eigenvalue weighted by atomic mass is 16.7. The molecule has 0 aliphatic heterocycles. The van der Waals surface area contributed by atoms with Crippen molar-refractivity contribution in [1.82, 2.24) is 4.73 Å². The lowest BCUT2D eigenvalue weighted by Crippen LogP contribution is -2.28. The van der Waals surface area contributed by atoms with E-state index in [9.17, 15) is 9.59 Å². The number of aromatic nitrogens is 1. The van der Waals surface area contributed by atoms with Gasteiger partial charge in [-0.05, 0) is 6.07 Å². The lowest BCUT2D eigenvalue weighted by molar-refractivity contribution is -0.142. The molecule has 0 bridgehead atoms. The van der Waals surface area contributed by atoms with E-state index in [1.807, 2.05) is 0 Å². The first-order valence-corrected chi connectivity index (χ1v) is 3.23. The average molecular weight is 169 g/mol. The second-order valence-electron chi connectivity index (χ2n) is 2.03. The van der Waals surface area contributed by atoms with Crippen LogP contribution in [0.3, 0.4) is 0 Å². The van der Waals surface area contributed by atoms with Crippen LogP contribution >= 0.6 is 0 Å². The van der Waals surface area contributed by atoms with Crippen LogP contribution in [-0.4, -0.2) is 22.4 Å². The third-order valence-electron chi connectivity index (χ3n) is 1.12. The maximum absolute atomic E-state index is 10.9. The topological polar surface area (TPSA) is 68.5 Å². The summed E-state index contributed by atoms with van der Waals surface area (Å²) < 4.78 is 0.869. The summed E-state index contributed by atoms with van der Waals surface area (Å²) in [5, 5.41) is 8.23. The molecule has 0 aliphatic carbocycles. The Morgan fingerprint density at radius 3 is 2.92 bits per heavy atom. The molecule has 5 nitrogen and oxygen atoms in total. The van der Waals surface area contributed by atoms with E-state index in [0.29, 0.717) is 0 Å². The smallest absolute Gasteiger partial charge is 0.344 e. The number of carboxylic acid groups (broad SMARTS) is 1. The SMILES string of the molecule is O=C(O)COn1ccccc1=O. The predicted octanol–water partition coefficient (Wildman–Crippen LogP) is -0.639. The lowest BCUT2D eigenvalue weighted by Gasteiger charge is -2.03. The average Bonchev–Trinajstić information content (AvgIpc) is 2.03. The number of carboxylic acids is 1. The van der Waals surface area contributed by atoms with E-state index in [0.717, 1.165) is 4.73 Å². The first-order chi connectivity index (χ1) is 5.70. The zero-order valence-corrected chi connectivity index (χ0v) is 6.14. The lowest BCUT2D eigenvalue weighted by atomic mass is 10.5. The maximum atomic E-state index is 10.9. The molecule has 0 aromatic carbocycles. The van der Waals surface area contributed by atoms with Crippen LogP contribution in [0.5, 0.6) is 0 Å². The number of carbonyl (C=O) groups is 1. The Morgan fingerprint density at radius 1 is 1.58 bits per heavy atom. The fourth-order valence-electron chi connectivity index (χ4n) is 0.644. The summed E-state index contributed by atoms with van der Waals surface area (Å²) in [5.74, 6) is -1.12. The van der Waals surface area contributed by atoms with Crippen LogP contribution in [0.1, 0.15) is 0 Å². The van der Waals surface area contributed by atoms with Crippen molar-refractivity contribution in [2.75, 3.05) is 6.61 Å². The van der Waals surface area contributed by atoms with E-state index >= 15 is 0 Å². The van der Waals surface area contributed by atoms with Gasteiger partial charge in [-0.3, -0.25) is 4.79 Å². The molecule has 0 saturated carbocycles. The highest BCUT2D eigenvalue weighted by Gasteiger charge is 1.98. The molecule has 0 amide bonds. The molecule has 0 aliphatic rings. The normalized spacial score (nSPS) is 9.33. The second kappa shape index (κ2) is 3.56. The monoisotopic (exact) mass is 169 g/mol. The minimum atomic E-state index is -1.12. The number of hydrogen-bond donors (Lipinski definition) is 1. The summed E-state index contributed by atoms with van der Waals surface area (Å²) in [6.07, 6.45) is 1.35. The van der Waals surface area contributed by atoms with Crippen LogP contribution in [0.25, 0.3) is 0 Å². The van der Waals surface area contributed by atoms with Gasteiger partial charge in [-0.25, -0.2) is 4.79 Å². The third kappa shape index (κ3) is 2.12. The van der Waals surface area contributed by atoms with Crippen molar-refractivity contribution < 1.29 is 14.7 Å². The Bertz CT molecular complexity index is 330. The zero-order valence-electron chi connectivity index (χ0n) is 6.14. The third-order valence-corrected chi connectivity index (χ3v) is 1.12. The Hall–Kier alpha value is -1.78. The highest BCUT2D eigenvalue weighted by Crippen LogP contribution is 1.77. The first-order valence-electron chi connectivity index (χ1n) is 3.23. The van der Waals surface area contributed by atoms with Crippen molar-refractivity contribution in [3.05, 3.63) is 34.7 Å². The van der Waals surface area contributed by atoms with E-state index in [4.69, 9.17) is 5.11 Å². The van der Waals surface area contributed by atoms with Crippen molar-refractivity contribution in [2.24, 2.45) is 0 Å². The van der Waals surface area contributed by atoms with Crippen LogP contribution in [0.4, 0.5) is 0 Å². The molecular formula is C7H7NO4. The summed E-state index contributed by atoms with van der Waals surface area (Å²) in [5.41, 5.74) is -0.390. The predicted molar refractivity (Wildman–Crippen MR) is 39.8 cm³/mol. The minimum absolute atomic E-state index is 0.390. The van der Waals surface area contributed by atoms with Gasteiger partial charge in [-0.15, -0.1) is 0 Å². The summed E-state index contributed by atoms with van der Waals surface area (Å²) in [7, 11) is 0. The molecule has 0 radical (unpaired) electrons. The standard InChI is InChI=1S/C7H7NO4/c9-6-3-1-2-4-8(6)12-5-7(10)11/h1-4H,5H2,(H,10,11). The van der Waals surface area contributed by atoms with E-state index in [2.05, 4.69) is 4.84 Å². The Labute approximate surface area is 67.8 Å². The molecule has 64 valence electrons. The van der Waals surface area contributed by atoms with Crippen molar-refractivity contribution in [3.63, 3.8) is 0 Å². The number of rotatable bonds is 3. The molecule has 1 aromatic heterocycles. The van der Waals surface area contributed by atoms with Gasteiger partial charge in [0.2, 0.25) is 6.61 Å². The quantitative estimate of drug-likeness (QED) is 0.653. The molecule has 1 N–H and O–H groups in total. The van der Waals surface area contributed by atoms with E-state index < -0.39 is 18.1 Å². The van der Waals surface area contributed by atoms with Gasteiger partial charge in [0.1, 0.15) is 0 Å². The maximum Gasteiger partial charge on any atom is 0.344 e. The van der Waals surface area contributed by atoms with Gasteiger partial charge in [-0.1, -0.05) is 6.07 Å². The largest absolute Gasteiger partial charge is 0.479 e. The number of aliphatic carboxylic acids is 1. The molecule has 5 heteroatoms. The molecule has 0 atom stereocenters. The van der Waals surface area contributed by atoms with Crippen molar-refractivity contribution in [1.29, 1.82) is 0 Å². The number of hydrogen-bond acceptors (Lipinski definition) is 3. The summed E-state index contributed by atoms with van der Waals surface area (Å²) in [6, 6.07) is 4.40. The van der Waals surface area contributed by atoms with E-state index in [1.165, 1.54) is 12.3 Å². The second-order valence-corrected chi connectivity index (χ2v) is 2.03. The molecule has 0 spiro atoms. The van der Waals surface area contributed by atoms with Crippen LogP contribution in [0.2, 0.25) is 0 Å². The molecular weight excluding hydrogens is 162 g/mol. The van der Waals surface area contributed by atoms with Gasteiger partial charge < -0.3 is 9.94 Å². The number of pyridine rings is 1. The van der Waals surface area contributed by atoms with Crippen molar-refractivity contribution in [3.8, 4) is 0 Å². The molecule has 0 unspecified atom stereocenters. The summed E-state index contributed by atoms with van der Waals surface area (Å²) in [6.45, 7) is -0.524. The van der Waals surface area contributed by atoms with E-state index in [-0.39, 0.29) is 0 Å². The van der Waals surface area contributed by atoms with Gasteiger partial charge in [0, 0.05) is 12.3 Å². The fraction of sp³-hybridized carbons (Fsp3) is 0.143. The van der Waals surface area contributed by atoms with Gasteiger partial charge in [0.05, 0.1) is 0 Å². The van der Waals surface area contributed by atoms with Crippen LogP contribution in [0.15, 0.2) is 29.2 Å². The Balaban J connectivity index is 2.70. The molecule has 1 aromatic rings. The van der Waals surface area contributed by atoms with Crippen molar-refractivity contribution >= 4 is 5.97 Å². The highest BCUT2D eigenvalue weighted by molar-refractivity contribution is 5.68. The van der Waals surface area contributed by atoms with Crippen LogP contribution in [0, 0.1) is 0 Å². The molecule has 0 fully saturated rings. The van der Waals surface area contributed by atoms with Crippen molar-refractivity contribution in [2.45, 2.75) is 0 Å². The zero-order chi connectivity index (χ0) is 8.97. The Morgan fingerprint density at radius 2 is 2.33 bits per heavy atom. The fourth-order valence-corrected chi connectivity index (χ4v) is 0.644. The van der Waals surface area contributed by atoms with Gasteiger partial charge in [0.25, 0.3) is 5.56 Å². The molecule has 1 rings (SSSR count). The molecule has 1 heterocycles. The summed E-state index contributed by atoms with van der Waals surface area (Å²) in [4.78, 5) is 25.5. The minimum Gasteiger partial charge on any atom is -0.479 e. The van der Waals surface area contributed by atoms with Crippen LogP contribution in [-0.2, 0) is 4.79 Å². The molecule has 0 saturated heterocycles. The summed E-state index contributed by atoms with van der Waals surface area (Å²) >= 11 is 0. The first kappa shape index (κ1) is 8.32. The van der Waals surface area contributed by atoms with Gasteiger partial charge >= 0.3 is 5.97 Å². The Kier molecular flexibility index (Phi) is 2.47. The van der Waals surface area contributed by atoms with Crippen LogP contribution < -0.4 is 10.4 Å². The van der Waals surface area contributed by atoms with Gasteiger partial charge in [0.15, 0.2) is 0 Å².